The molecule has 0 atom stereocenters. The Bertz CT molecular complexity index is 634. The van der Waals surface area contributed by atoms with Gasteiger partial charge < -0.3 is 10.6 Å². The lowest BCUT2D eigenvalue weighted by atomic mass is 10.3. The number of rotatable bonds is 4. The zero-order valence-electron chi connectivity index (χ0n) is 10.3. The number of anilines is 2. The predicted molar refractivity (Wildman–Crippen MR) is 74.9 cm³/mol. The van der Waals surface area contributed by atoms with Gasteiger partial charge in [-0.3, -0.25) is 4.79 Å². The molecular weight excluding hydrogens is 286 g/mol. The minimum atomic E-state index is -0.553. The molecule has 0 fully saturated rings. The van der Waals surface area contributed by atoms with Crippen LogP contribution in [0.25, 0.3) is 0 Å². The number of hydrogen-bond acceptors (Lipinski definition) is 2. The van der Waals surface area contributed by atoms with E-state index < -0.39 is 5.82 Å². The fraction of sp³-hybridized carbons (Fsp3) is 0.0714. The molecule has 0 aromatic heterocycles. The Morgan fingerprint density at radius 3 is 2.60 bits per heavy atom. The Balaban J connectivity index is 1.91. The second kappa shape index (κ2) is 6.34. The van der Waals surface area contributed by atoms with E-state index in [4.69, 9.17) is 11.6 Å². The molecule has 3 nitrogen and oxygen atoms in total. The van der Waals surface area contributed by atoms with Crippen LogP contribution in [0.3, 0.4) is 0 Å². The molecule has 0 radical (unpaired) electrons. The Kier molecular flexibility index (Phi) is 4.53. The van der Waals surface area contributed by atoms with Gasteiger partial charge in [-0.25, -0.2) is 8.78 Å². The van der Waals surface area contributed by atoms with Crippen molar-refractivity contribution in [2.24, 2.45) is 0 Å². The van der Waals surface area contributed by atoms with E-state index in [1.165, 1.54) is 30.3 Å². The number of benzene rings is 2. The molecule has 20 heavy (non-hydrogen) atoms. The van der Waals surface area contributed by atoms with E-state index in [1.807, 2.05) is 0 Å². The second-order valence-electron chi connectivity index (χ2n) is 4.04. The number of nitrogens with one attached hydrogen (secondary N) is 2. The third kappa shape index (κ3) is 3.93. The Morgan fingerprint density at radius 1 is 1.10 bits per heavy atom. The summed E-state index contributed by atoms with van der Waals surface area (Å²) in [5.74, 6) is -1.29. The molecule has 0 spiro atoms. The highest BCUT2D eigenvalue weighted by Crippen LogP contribution is 2.19. The van der Waals surface area contributed by atoms with Crippen molar-refractivity contribution in [2.75, 3.05) is 17.2 Å². The van der Waals surface area contributed by atoms with E-state index >= 15 is 0 Å². The van der Waals surface area contributed by atoms with Gasteiger partial charge in [0.05, 0.1) is 11.6 Å². The molecule has 0 unspecified atom stereocenters. The standard InChI is InChI=1S/C14H11ClF2N2O/c15-12-7-11(4-5-13(12)17)19-14(20)8-18-10-3-1-2-9(16)6-10/h1-7,18H,8H2,(H,19,20). The lowest BCUT2D eigenvalue weighted by Crippen LogP contribution is -2.21. The van der Waals surface area contributed by atoms with Crippen LogP contribution >= 0.6 is 11.6 Å². The summed E-state index contributed by atoms with van der Waals surface area (Å²) in [7, 11) is 0. The molecule has 0 heterocycles. The third-order valence-electron chi connectivity index (χ3n) is 2.48. The SMILES string of the molecule is O=C(CNc1cccc(F)c1)Nc1ccc(F)c(Cl)c1. The molecule has 2 N–H and O–H groups in total. The fourth-order valence-corrected chi connectivity index (χ4v) is 1.74. The molecule has 2 rings (SSSR count). The third-order valence-corrected chi connectivity index (χ3v) is 2.77. The zero-order valence-corrected chi connectivity index (χ0v) is 11.0. The van der Waals surface area contributed by atoms with E-state index in [1.54, 1.807) is 6.07 Å². The van der Waals surface area contributed by atoms with Gasteiger partial charge in [-0.1, -0.05) is 17.7 Å². The number of carbonyl (C=O) groups is 1. The van der Waals surface area contributed by atoms with E-state index in [9.17, 15) is 13.6 Å². The van der Waals surface area contributed by atoms with Gasteiger partial charge in [0, 0.05) is 11.4 Å². The van der Waals surface area contributed by atoms with E-state index in [0.29, 0.717) is 11.4 Å². The highest BCUT2D eigenvalue weighted by atomic mass is 35.5. The van der Waals surface area contributed by atoms with Crippen LogP contribution < -0.4 is 10.6 Å². The monoisotopic (exact) mass is 296 g/mol. The molecular formula is C14H11ClF2N2O. The molecule has 0 aliphatic rings. The van der Waals surface area contributed by atoms with Gasteiger partial charge in [-0.05, 0) is 36.4 Å². The molecule has 6 heteroatoms. The van der Waals surface area contributed by atoms with Crippen LogP contribution in [-0.4, -0.2) is 12.5 Å². The van der Waals surface area contributed by atoms with E-state index in [0.717, 1.165) is 6.07 Å². The van der Waals surface area contributed by atoms with Crippen LogP contribution in [0.1, 0.15) is 0 Å². The van der Waals surface area contributed by atoms with Crippen LogP contribution in [0, 0.1) is 11.6 Å². The predicted octanol–water partition coefficient (Wildman–Crippen LogP) is 3.67. The average Bonchev–Trinajstić information content (AvgIpc) is 2.41. The van der Waals surface area contributed by atoms with Crippen molar-refractivity contribution >= 4 is 28.9 Å². The van der Waals surface area contributed by atoms with Gasteiger partial charge in [0.2, 0.25) is 5.91 Å². The first-order valence-electron chi connectivity index (χ1n) is 5.79. The minimum absolute atomic E-state index is 0.0432. The first kappa shape index (κ1) is 14.3. The molecule has 0 bridgehead atoms. The van der Waals surface area contributed by atoms with Gasteiger partial charge in [0.1, 0.15) is 11.6 Å². The maximum atomic E-state index is 13.0. The Morgan fingerprint density at radius 2 is 1.90 bits per heavy atom. The number of halogens is 3. The van der Waals surface area contributed by atoms with Crippen LogP contribution in [0.15, 0.2) is 42.5 Å². The zero-order chi connectivity index (χ0) is 14.5. The molecule has 2 aromatic rings. The van der Waals surface area contributed by atoms with E-state index in [-0.39, 0.29) is 23.3 Å². The van der Waals surface area contributed by atoms with Crippen molar-refractivity contribution in [2.45, 2.75) is 0 Å². The van der Waals surface area contributed by atoms with Gasteiger partial charge in [0.25, 0.3) is 0 Å². The van der Waals surface area contributed by atoms with Gasteiger partial charge >= 0.3 is 0 Å². The summed E-state index contributed by atoms with van der Waals surface area (Å²) in [6.07, 6.45) is 0. The largest absolute Gasteiger partial charge is 0.376 e. The quantitative estimate of drug-likeness (QED) is 0.904. The number of amides is 1. The van der Waals surface area contributed by atoms with Crippen molar-refractivity contribution in [3.63, 3.8) is 0 Å². The first-order valence-corrected chi connectivity index (χ1v) is 6.17. The maximum absolute atomic E-state index is 13.0. The highest BCUT2D eigenvalue weighted by molar-refractivity contribution is 6.31. The number of hydrogen-bond donors (Lipinski definition) is 2. The van der Waals surface area contributed by atoms with Gasteiger partial charge in [-0.2, -0.15) is 0 Å². The highest BCUT2D eigenvalue weighted by Gasteiger charge is 2.05. The Labute approximate surface area is 119 Å². The summed E-state index contributed by atoms with van der Waals surface area (Å²) < 4.78 is 25.9. The van der Waals surface area contributed by atoms with Gasteiger partial charge in [-0.15, -0.1) is 0 Å². The molecule has 0 saturated heterocycles. The molecule has 1 amide bonds. The molecule has 2 aromatic carbocycles. The normalized spacial score (nSPS) is 10.2. The maximum Gasteiger partial charge on any atom is 0.243 e. The second-order valence-corrected chi connectivity index (χ2v) is 4.45. The van der Waals surface area contributed by atoms with Crippen LogP contribution in [0.5, 0.6) is 0 Å². The van der Waals surface area contributed by atoms with Crippen molar-refractivity contribution in [1.82, 2.24) is 0 Å². The summed E-state index contributed by atoms with van der Waals surface area (Å²) in [6.45, 7) is -0.0432. The van der Waals surface area contributed by atoms with E-state index in [2.05, 4.69) is 10.6 Å². The van der Waals surface area contributed by atoms with Crippen molar-refractivity contribution in [3.8, 4) is 0 Å². The molecule has 0 aliphatic carbocycles. The summed E-state index contributed by atoms with van der Waals surface area (Å²) in [4.78, 5) is 11.7. The molecule has 0 saturated carbocycles. The lowest BCUT2D eigenvalue weighted by molar-refractivity contribution is -0.114. The summed E-state index contributed by atoms with van der Waals surface area (Å²) >= 11 is 5.60. The molecule has 104 valence electrons. The first-order chi connectivity index (χ1) is 9.54. The van der Waals surface area contributed by atoms with Crippen LogP contribution in [-0.2, 0) is 4.79 Å². The topological polar surface area (TPSA) is 41.1 Å². The van der Waals surface area contributed by atoms with Gasteiger partial charge in [0.15, 0.2) is 0 Å². The van der Waals surface area contributed by atoms with Crippen LogP contribution in [0.4, 0.5) is 20.2 Å². The minimum Gasteiger partial charge on any atom is -0.376 e. The fourth-order valence-electron chi connectivity index (χ4n) is 1.56. The van der Waals surface area contributed by atoms with Crippen molar-refractivity contribution in [3.05, 3.63) is 59.1 Å². The lowest BCUT2D eigenvalue weighted by Gasteiger charge is -2.08. The molecule has 0 aliphatic heterocycles. The van der Waals surface area contributed by atoms with Crippen LogP contribution in [0.2, 0.25) is 5.02 Å². The number of carbonyl (C=O) groups excluding carboxylic acids is 1. The smallest absolute Gasteiger partial charge is 0.243 e. The Hall–Kier alpha value is -2.14. The van der Waals surface area contributed by atoms with Crippen molar-refractivity contribution < 1.29 is 13.6 Å². The average molecular weight is 297 g/mol. The summed E-state index contributed by atoms with van der Waals surface area (Å²) in [5, 5.41) is 5.25. The van der Waals surface area contributed by atoms with Crippen molar-refractivity contribution in [1.29, 1.82) is 0 Å². The summed E-state index contributed by atoms with van der Waals surface area (Å²) in [6, 6.07) is 9.66. The summed E-state index contributed by atoms with van der Waals surface area (Å²) in [5.41, 5.74) is 0.889.